The monoisotopic (exact) mass is 672 g/mol. The minimum absolute atomic E-state index is 0.0616. The van der Waals surface area contributed by atoms with Crippen LogP contribution in [0.2, 0.25) is 0 Å². The third-order valence-electron chi connectivity index (χ3n) is 5.93. The van der Waals surface area contributed by atoms with E-state index >= 15 is 0 Å². The Bertz CT molecular complexity index is 1730. The Morgan fingerprint density at radius 3 is 1.73 bits per heavy atom. The molecule has 0 bridgehead atoms. The van der Waals surface area contributed by atoms with E-state index in [-0.39, 0.29) is 43.9 Å². The molecule has 0 spiro atoms. The lowest BCUT2D eigenvalue weighted by Gasteiger charge is -2.31. The lowest BCUT2D eigenvalue weighted by atomic mass is 10.1. The summed E-state index contributed by atoms with van der Waals surface area (Å²) >= 11 is 0. The number of carboxylic acid groups (broad SMARTS) is 1. The van der Waals surface area contributed by atoms with Crippen molar-refractivity contribution in [3.8, 4) is 11.5 Å². The third kappa shape index (κ3) is 9.59. The molecule has 3 aromatic rings. The van der Waals surface area contributed by atoms with Crippen LogP contribution in [0.5, 0.6) is 11.5 Å². The topological polar surface area (TPSA) is 197 Å². The fourth-order valence-electron chi connectivity index (χ4n) is 4.16. The van der Waals surface area contributed by atoms with Gasteiger partial charge in [0.15, 0.2) is 34.7 Å². The second-order valence-electron chi connectivity index (χ2n) is 13.6. The molecule has 1 atom stereocenters. The van der Waals surface area contributed by atoms with Crippen molar-refractivity contribution in [2.24, 2.45) is 0 Å². The number of furan rings is 1. The number of nitrogens with one attached hydrogen (secondary N) is 1. The van der Waals surface area contributed by atoms with Crippen LogP contribution < -0.4 is 14.8 Å². The summed E-state index contributed by atoms with van der Waals surface area (Å²) in [5.41, 5.74) is -3.22. The van der Waals surface area contributed by atoms with Crippen LogP contribution in [-0.2, 0) is 19.0 Å². The molecule has 48 heavy (non-hydrogen) atoms. The first-order valence-electron chi connectivity index (χ1n) is 14.8. The fourth-order valence-corrected chi connectivity index (χ4v) is 4.16. The van der Waals surface area contributed by atoms with Gasteiger partial charge >= 0.3 is 30.4 Å². The first-order valence-corrected chi connectivity index (χ1v) is 14.8. The number of ketones is 1. The average Bonchev–Trinajstić information content (AvgIpc) is 3.35. The van der Waals surface area contributed by atoms with Gasteiger partial charge in [0, 0.05) is 17.7 Å². The highest BCUT2D eigenvalue weighted by atomic mass is 16.7. The Labute approximate surface area is 276 Å². The number of ether oxygens (including phenoxy) is 5. The van der Waals surface area contributed by atoms with Crippen molar-refractivity contribution in [1.29, 1.82) is 0 Å². The highest BCUT2D eigenvalue weighted by Gasteiger charge is 2.41. The molecule has 0 aliphatic carbocycles. The second kappa shape index (κ2) is 13.8. The molecular formula is C33H40N2O13. The normalized spacial score (nSPS) is 12.5. The minimum atomic E-state index is -1.98. The van der Waals surface area contributed by atoms with Gasteiger partial charge < -0.3 is 38.5 Å². The standard InChI is InChI=1S/C33H40N2O13/c1-17(36)22-15-20-23(18-13-11-12-14-19(18)24(25(20)43-22)45-30(42)48-33(8,9)10)44-27(39)34-16-21(26(37)38)35(28(40)46-31(2,3)4)29(41)47-32(5,6)7/h11-15,21H,16H2,1-10H3,(H,34,39)(H,37,38)/t21-/m0/s1. The summed E-state index contributed by atoms with van der Waals surface area (Å²) in [6.07, 6.45) is -4.89. The largest absolute Gasteiger partial charge is 0.514 e. The molecule has 0 fully saturated rings. The Kier molecular flexibility index (Phi) is 10.7. The van der Waals surface area contributed by atoms with Gasteiger partial charge in [-0.3, -0.25) is 4.79 Å². The van der Waals surface area contributed by atoms with Crippen LogP contribution in [0.1, 0.15) is 79.8 Å². The molecular weight excluding hydrogens is 632 g/mol. The van der Waals surface area contributed by atoms with Gasteiger partial charge in [-0.25, -0.2) is 24.0 Å². The SMILES string of the molecule is CC(=O)c1cc2c(OC(=O)NC[C@@H](C(=O)O)N(C(=O)OC(C)(C)C)C(=O)OC(C)(C)C)c3ccccc3c(OC(=O)OC(C)(C)C)c2o1. The summed E-state index contributed by atoms with van der Waals surface area (Å²) in [6.45, 7) is 14.5. The molecule has 2 N–H and O–H groups in total. The molecule has 3 amide bonds. The molecule has 0 unspecified atom stereocenters. The molecule has 0 aliphatic rings. The van der Waals surface area contributed by atoms with Crippen molar-refractivity contribution in [3.63, 3.8) is 0 Å². The van der Waals surface area contributed by atoms with Gasteiger partial charge in [-0.1, -0.05) is 24.3 Å². The molecule has 0 radical (unpaired) electrons. The van der Waals surface area contributed by atoms with E-state index in [1.807, 2.05) is 0 Å². The number of imide groups is 1. The van der Waals surface area contributed by atoms with E-state index in [0.29, 0.717) is 0 Å². The van der Waals surface area contributed by atoms with E-state index in [2.05, 4.69) is 5.32 Å². The lowest BCUT2D eigenvalue weighted by molar-refractivity contribution is -0.142. The maximum atomic E-state index is 13.2. The average molecular weight is 673 g/mol. The maximum absolute atomic E-state index is 13.2. The molecule has 15 nitrogen and oxygen atoms in total. The highest BCUT2D eigenvalue weighted by Crippen LogP contribution is 2.44. The second-order valence-corrected chi connectivity index (χ2v) is 13.6. The zero-order valence-electron chi connectivity index (χ0n) is 28.5. The first kappa shape index (κ1) is 37.1. The van der Waals surface area contributed by atoms with Crippen LogP contribution in [-0.4, -0.2) is 75.6 Å². The molecule has 3 rings (SSSR count). The van der Waals surface area contributed by atoms with Crippen LogP contribution in [0.15, 0.2) is 34.7 Å². The number of hydrogen-bond donors (Lipinski definition) is 2. The minimum Gasteiger partial charge on any atom is -0.480 e. The summed E-state index contributed by atoms with van der Waals surface area (Å²) in [5, 5.41) is 12.8. The number of carbonyl (C=O) groups is 6. The van der Waals surface area contributed by atoms with Gasteiger partial charge in [0.05, 0.1) is 11.9 Å². The van der Waals surface area contributed by atoms with Gasteiger partial charge in [0.25, 0.3) is 0 Å². The van der Waals surface area contributed by atoms with Crippen molar-refractivity contribution in [3.05, 3.63) is 36.1 Å². The van der Waals surface area contributed by atoms with Gasteiger partial charge in [-0.2, -0.15) is 4.90 Å². The summed E-state index contributed by atoms with van der Waals surface area (Å²) in [4.78, 5) is 76.8. The van der Waals surface area contributed by atoms with Gasteiger partial charge in [0.1, 0.15) is 16.8 Å². The fraction of sp³-hybridized carbons (Fsp3) is 0.455. The molecule has 260 valence electrons. The van der Waals surface area contributed by atoms with E-state index in [1.165, 1.54) is 54.5 Å². The predicted molar refractivity (Wildman–Crippen MR) is 170 cm³/mol. The van der Waals surface area contributed by atoms with Crippen molar-refractivity contribution in [2.75, 3.05) is 6.54 Å². The van der Waals surface area contributed by atoms with E-state index in [0.717, 1.165) is 0 Å². The Hall–Kier alpha value is -5.34. The Morgan fingerprint density at radius 1 is 0.771 bits per heavy atom. The summed E-state index contributed by atoms with van der Waals surface area (Å²) in [5.74, 6) is -2.52. The molecule has 0 saturated heterocycles. The van der Waals surface area contributed by atoms with E-state index in [1.54, 1.807) is 45.0 Å². The molecule has 1 heterocycles. The van der Waals surface area contributed by atoms with Crippen molar-refractivity contribution >= 4 is 57.9 Å². The van der Waals surface area contributed by atoms with E-state index in [4.69, 9.17) is 28.1 Å². The molecule has 15 heteroatoms. The van der Waals surface area contributed by atoms with Gasteiger partial charge in [-0.15, -0.1) is 0 Å². The first-order chi connectivity index (χ1) is 22.0. The van der Waals surface area contributed by atoms with Crippen molar-refractivity contribution in [1.82, 2.24) is 10.2 Å². The van der Waals surface area contributed by atoms with Gasteiger partial charge in [-0.05, 0) is 68.4 Å². The molecule has 2 aromatic carbocycles. The van der Waals surface area contributed by atoms with Crippen LogP contribution in [0.25, 0.3) is 21.7 Å². The summed E-state index contributed by atoms with van der Waals surface area (Å²) < 4.78 is 32.7. The molecule has 1 aromatic heterocycles. The Morgan fingerprint density at radius 2 is 1.27 bits per heavy atom. The maximum Gasteiger partial charge on any atom is 0.514 e. The third-order valence-corrected chi connectivity index (χ3v) is 5.93. The number of nitrogens with zero attached hydrogens (tertiary/aromatic N) is 1. The number of fused-ring (bicyclic) bond motifs is 2. The van der Waals surface area contributed by atoms with Crippen LogP contribution in [0.3, 0.4) is 0 Å². The summed E-state index contributed by atoms with van der Waals surface area (Å²) in [6, 6.07) is 5.64. The van der Waals surface area contributed by atoms with Crippen LogP contribution >= 0.6 is 0 Å². The molecule has 0 aliphatic heterocycles. The van der Waals surface area contributed by atoms with Crippen molar-refractivity contribution in [2.45, 2.75) is 92.1 Å². The zero-order valence-corrected chi connectivity index (χ0v) is 28.5. The smallest absolute Gasteiger partial charge is 0.480 e. The number of benzene rings is 2. The highest BCUT2D eigenvalue weighted by molar-refractivity contribution is 6.12. The van der Waals surface area contributed by atoms with E-state index < -0.39 is 65.6 Å². The number of rotatable bonds is 7. The summed E-state index contributed by atoms with van der Waals surface area (Å²) in [7, 11) is 0. The lowest BCUT2D eigenvalue weighted by Crippen LogP contribution is -2.56. The van der Waals surface area contributed by atoms with Gasteiger partial charge in [0.2, 0.25) is 0 Å². The van der Waals surface area contributed by atoms with E-state index in [9.17, 15) is 33.9 Å². The number of aliphatic carboxylic acids is 1. The quantitative estimate of drug-likeness (QED) is 0.115. The number of carboxylic acids is 1. The Balaban J connectivity index is 2.02. The van der Waals surface area contributed by atoms with Crippen LogP contribution in [0, 0.1) is 0 Å². The number of carbonyl (C=O) groups excluding carboxylic acids is 5. The number of hydrogen-bond acceptors (Lipinski definition) is 12. The number of amides is 3. The predicted octanol–water partition coefficient (Wildman–Crippen LogP) is 6.82. The molecule has 0 saturated carbocycles. The van der Waals surface area contributed by atoms with Crippen molar-refractivity contribution < 1.29 is 62.0 Å². The van der Waals surface area contributed by atoms with Crippen LogP contribution in [0.4, 0.5) is 19.2 Å². The number of Topliss-reactive ketones (excluding diaryl/α,β-unsaturated/α-hetero) is 1. The zero-order chi connectivity index (χ0) is 36.4.